The van der Waals surface area contributed by atoms with Gasteiger partial charge in [0.15, 0.2) is 0 Å². The predicted octanol–water partition coefficient (Wildman–Crippen LogP) is 10.2. The molecule has 0 atom stereocenters. The van der Waals surface area contributed by atoms with Gasteiger partial charge in [-0.05, 0) is 54.1 Å². The molecule has 0 amide bonds. The first-order chi connectivity index (χ1) is 19.3. The van der Waals surface area contributed by atoms with E-state index in [9.17, 15) is 0 Å². The Balaban J connectivity index is 1.52. The van der Waals surface area contributed by atoms with Crippen LogP contribution in [0.15, 0.2) is 136 Å². The monoisotopic (exact) mass is 499 g/mol. The van der Waals surface area contributed by atoms with E-state index in [1.54, 1.807) is 0 Å². The second-order valence-electron chi connectivity index (χ2n) is 10.1. The van der Waals surface area contributed by atoms with Crippen LogP contribution in [0.25, 0.3) is 82.5 Å². The van der Waals surface area contributed by atoms with Crippen LogP contribution < -0.4 is 0 Å². The maximum atomic E-state index is 6.60. The minimum Gasteiger partial charge on any atom is -0.456 e. The van der Waals surface area contributed by atoms with Crippen LogP contribution in [0.2, 0.25) is 0 Å². The highest BCUT2D eigenvalue weighted by Crippen LogP contribution is 2.46. The normalized spacial score (nSPS) is 12.1. The second-order valence-corrected chi connectivity index (χ2v) is 10.1. The van der Waals surface area contributed by atoms with Gasteiger partial charge in [-0.3, -0.25) is 0 Å². The molecule has 3 heteroatoms. The van der Waals surface area contributed by atoms with Crippen LogP contribution in [0.5, 0.6) is 0 Å². The van der Waals surface area contributed by atoms with Gasteiger partial charge in [0.1, 0.15) is 22.3 Å². The van der Waals surface area contributed by atoms with E-state index in [0.29, 0.717) is 0 Å². The van der Waals surface area contributed by atoms with E-state index in [2.05, 4.69) is 114 Å². The number of fused-ring (bicyclic) bond motifs is 10. The zero-order valence-corrected chi connectivity index (χ0v) is 20.9. The topological polar surface area (TPSA) is 31.2 Å². The van der Waals surface area contributed by atoms with Crippen molar-refractivity contribution < 1.29 is 8.83 Å². The third kappa shape index (κ3) is 2.82. The van der Waals surface area contributed by atoms with Crippen molar-refractivity contribution in [3.63, 3.8) is 0 Å². The zero-order chi connectivity index (χ0) is 25.5. The standard InChI is InChI=1S/C36H21NO2/c1-2-10-23(11-3-1)37-30-15-7-4-14-26(30)34-35(37)27(21-29-25-13-6-9-17-32(25)39-36(29)34)22-18-19-33-28(20-22)24-12-5-8-16-31(24)38-33/h1-21H. The largest absolute Gasteiger partial charge is 0.456 e. The summed E-state index contributed by atoms with van der Waals surface area (Å²) < 4.78 is 15.1. The molecule has 0 bridgehead atoms. The second kappa shape index (κ2) is 7.62. The SMILES string of the molecule is c1ccc(-n2c3ccccc3c3c4oc5ccccc5c4cc(-c4ccc5oc6ccccc6c5c4)c32)cc1. The Morgan fingerprint density at radius 3 is 1.92 bits per heavy atom. The van der Waals surface area contributed by atoms with Crippen molar-refractivity contribution in [3.8, 4) is 16.8 Å². The lowest BCUT2D eigenvalue weighted by atomic mass is 9.97. The van der Waals surface area contributed by atoms with Gasteiger partial charge in [0.25, 0.3) is 0 Å². The fourth-order valence-corrected chi connectivity index (χ4v) is 6.29. The molecule has 0 N–H and O–H groups in total. The van der Waals surface area contributed by atoms with Crippen molar-refractivity contribution in [1.82, 2.24) is 4.57 Å². The van der Waals surface area contributed by atoms with Crippen LogP contribution in [-0.2, 0) is 0 Å². The van der Waals surface area contributed by atoms with Crippen LogP contribution in [0.1, 0.15) is 0 Å². The molecule has 0 spiro atoms. The predicted molar refractivity (Wildman–Crippen MR) is 161 cm³/mol. The summed E-state index contributed by atoms with van der Waals surface area (Å²) in [5, 5.41) is 6.82. The van der Waals surface area contributed by atoms with Gasteiger partial charge in [0.05, 0.1) is 16.4 Å². The molecule has 3 aromatic heterocycles. The van der Waals surface area contributed by atoms with Gasteiger partial charge >= 0.3 is 0 Å². The number of aromatic nitrogens is 1. The molecule has 0 unspecified atom stereocenters. The van der Waals surface area contributed by atoms with Crippen LogP contribution in [0.4, 0.5) is 0 Å². The van der Waals surface area contributed by atoms with E-state index in [4.69, 9.17) is 8.83 Å². The Morgan fingerprint density at radius 2 is 1.10 bits per heavy atom. The van der Waals surface area contributed by atoms with Gasteiger partial charge in [0, 0.05) is 38.2 Å². The Hall–Kier alpha value is -5.28. The Labute approximate surface area is 223 Å². The molecule has 9 rings (SSSR count). The summed E-state index contributed by atoms with van der Waals surface area (Å²) in [5.41, 5.74) is 9.36. The molecule has 0 aliphatic carbocycles. The molecule has 6 aromatic carbocycles. The van der Waals surface area contributed by atoms with E-state index in [1.807, 2.05) is 18.2 Å². The molecule has 0 aliphatic rings. The number of rotatable bonds is 2. The number of benzene rings is 6. The van der Waals surface area contributed by atoms with Crippen molar-refractivity contribution in [1.29, 1.82) is 0 Å². The average molecular weight is 500 g/mol. The van der Waals surface area contributed by atoms with Crippen molar-refractivity contribution in [2.24, 2.45) is 0 Å². The quantitative estimate of drug-likeness (QED) is 0.237. The van der Waals surface area contributed by atoms with Crippen molar-refractivity contribution in [3.05, 3.63) is 127 Å². The number of furan rings is 2. The van der Waals surface area contributed by atoms with Gasteiger partial charge in [0.2, 0.25) is 0 Å². The first-order valence-electron chi connectivity index (χ1n) is 13.2. The maximum absolute atomic E-state index is 6.60. The van der Waals surface area contributed by atoms with E-state index in [-0.39, 0.29) is 0 Å². The van der Waals surface area contributed by atoms with Gasteiger partial charge in [-0.2, -0.15) is 0 Å². The molecular weight excluding hydrogens is 478 g/mol. The van der Waals surface area contributed by atoms with Gasteiger partial charge < -0.3 is 13.4 Å². The molecule has 9 aromatic rings. The van der Waals surface area contributed by atoms with E-state index < -0.39 is 0 Å². The summed E-state index contributed by atoms with van der Waals surface area (Å²) >= 11 is 0. The third-order valence-corrected chi connectivity index (χ3v) is 7.98. The lowest BCUT2D eigenvalue weighted by molar-refractivity contribution is 0.669. The highest BCUT2D eigenvalue weighted by atomic mass is 16.3. The molecule has 0 saturated heterocycles. The number of hydrogen-bond donors (Lipinski definition) is 0. The number of hydrogen-bond acceptors (Lipinski definition) is 2. The highest BCUT2D eigenvalue weighted by molar-refractivity contribution is 6.27. The smallest absolute Gasteiger partial charge is 0.145 e. The van der Waals surface area contributed by atoms with Crippen LogP contribution in [0, 0.1) is 0 Å². The van der Waals surface area contributed by atoms with Crippen molar-refractivity contribution >= 4 is 65.7 Å². The highest BCUT2D eigenvalue weighted by Gasteiger charge is 2.23. The molecule has 0 saturated carbocycles. The Morgan fingerprint density at radius 1 is 0.462 bits per heavy atom. The third-order valence-electron chi connectivity index (χ3n) is 7.98. The summed E-state index contributed by atoms with van der Waals surface area (Å²) in [6.45, 7) is 0. The van der Waals surface area contributed by atoms with E-state index in [0.717, 1.165) is 77.1 Å². The lowest BCUT2D eigenvalue weighted by Gasteiger charge is -2.12. The fourth-order valence-electron chi connectivity index (χ4n) is 6.29. The molecule has 0 radical (unpaired) electrons. The van der Waals surface area contributed by atoms with Crippen LogP contribution >= 0.6 is 0 Å². The molecule has 3 nitrogen and oxygen atoms in total. The van der Waals surface area contributed by atoms with E-state index >= 15 is 0 Å². The zero-order valence-electron chi connectivity index (χ0n) is 20.9. The first kappa shape index (κ1) is 20.7. The fraction of sp³-hybridized carbons (Fsp3) is 0. The maximum Gasteiger partial charge on any atom is 0.145 e. The summed E-state index contributed by atoms with van der Waals surface area (Å²) in [6.07, 6.45) is 0. The van der Waals surface area contributed by atoms with Gasteiger partial charge in [-0.1, -0.05) is 78.9 Å². The van der Waals surface area contributed by atoms with Crippen LogP contribution in [-0.4, -0.2) is 4.57 Å². The van der Waals surface area contributed by atoms with Gasteiger partial charge in [-0.25, -0.2) is 0 Å². The lowest BCUT2D eigenvalue weighted by Crippen LogP contribution is -1.95. The molecule has 39 heavy (non-hydrogen) atoms. The van der Waals surface area contributed by atoms with Gasteiger partial charge in [-0.15, -0.1) is 0 Å². The van der Waals surface area contributed by atoms with Crippen molar-refractivity contribution in [2.45, 2.75) is 0 Å². The summed E-state index contributed by atoms with van der Waals surface area (Å²) in [7, 11) is 0. The molecular formula is C36H21NO2. The molecule has 182 valence electrons. The van der Waals surface area contributed by atoms with E-state index in [1.165, 1.54) is 5.39 Å². The molecule has 0 aliphatic heterocycles. The summed E-state index contributed by atoms with van der Waals surface area (Å²) in [6, 6.07) is 44.7. The Kier molecular flexibility index (Phi) is 4.05. The summed E-state index contributed by atoms with van der Waals surface area (Å²) in [5.74, 6) is 0. The first-order valence-corrected chi connectivity index (χ1v) is 13.2. The minimum absolute atomic E-state index is 0.898. The molecule has 3 heterocycles. The summed E-state index contributed by atoms with van der Waals surface area (Å²) in [4.78, 5) is 0. The number of nitrogens with zero attached hydrogens (tertiary/aromatic N) is 1. The Bertz CT molecular complexity index is 2390. The van der Waals surface area contributed by atoms with Crippen molar-refractivity contribution in [2.75, 3.05) is 0 Å². The number of para-hydroxylation sites is 4. The minimum atomic E-state index is 0.898. The average Bonchev–Trinajstić information content (AvgIpc) is 3.66. The van der Waals surface area contributed by atoms with Crippen LogP contribution in [0.3, 0.4) is 0 Å². The molecule has 0 fully saturated rings.